The largest absolute Gasteiger partial charge is 0.462 e. The van der Waals surface area contributed by atoms with E-state index in [0.717, 1.165) is 18.9 Å². The molecule has 10 heteroatoms. The van der Waals surface area contributed by atoms with Gasteiger partial charge < -0.3 is 24.3 Å². The Morgan fingerprint density at radius 3 is 2.53 bits per heavy atom. The van der Waals surface area contributed by atoms with Crippen LogP contribution in [0.5, 0.6) is 0 Å². The van der Waals surface area contributed by atoms with Crippen LogP contribution in [0.4, 0.5) is 19.3 Å². The molecule has 1 amide bonds. The molecule has 1 aliphatic heterocycles. The fourth-order valence-corrected chi connectivity index (χ4v) is 4.27. The number of anilines is 1. The van der Waals surface area contributed by atoms with E-state index in [1.807, 2.05) is 0 Å². The number of rotatable bonds is 5. The molecule has 2 aromatic rings. The van der Waals surface area contributed by atoms with Gasteiger partial charge in [-0.3, -0.25) is 4.79 Å². The van der Waals surface area contributed by atoms with Gasteiger partial charge in [-0.1, -0.05) is 0 Å². The van der Waals surface area contributed by atoms with E-state index in [1.165, 1.54) is 11.1 Å². The molecule has 1 aromatic heterocycles. The number of aromatic nitrogens is 1. The van der Waals surface area contributed by atoms with Crippen molar-refractivity contribution in [3.63, 3.8) is 0 Å². The zero-order valence-electron chi connectivity index (χ0n) is 19.7. The third-order valence-electron chi connectivity index (χ3n) is 5.84. The number of carbonyl (C=O) groups is 2. The highest BCUT2D eigenvalue weighted by Crippen LogP contribution is 2.40. The van der Waals surface area contributed by atoms with Crippen molar-refractivity contribution in [2.75, 3.05) is 24.6 Å². The van der Waals surface area contributed by atoms with Crippen LogP contribution in [0.25, 0.3) is 10.9 Å². The summed E-state index contributed by atoms with van der Waals surface area (Å²) in [6.45, 7) is 7.45. The van der Waals surface area contributed by atoms with E-state index in [-0.39, 0.29) is 47.4 Å². The number of fused-ring (bicyclic) bond motifs is 1. The molecular formula is C24H29F2N3O5. The SMILES string of the molecule is CCOC(=O)c1cn(C2CC2)c2c(F)c(N3CC[C@H](NC(=O)OC(C)(C)C)C3)c(F)cc2c1=O. The van der Waals surface area contributed by atoms with Crippen molar-refractivity contribution in [3.8, 4) is 0 Å². The molecule has 2 fully saturated rings. The molecule has 1 saturated heterocycles. The molecule has 0 spiro atoms. The number of amides is 1. The average Bonchev–Trinajstić information content (AvgIpc) is 3.47. The average molecular weight is 478 g/mol. The zero-order valence-corrected chi connectivity index (χ0v) is 19.7. The summed E-state index contributed by atoms with van der Waals surface area (Å²) < 4.78 is 42.8. The van der Waals surface area contributed by atoms with E-state index in [1.54, 1.807) is 32.3 Å². The Morgan fingerprint density at radius 1 is 1.21 bits per heavy atom. The van der Waals surface area contributed by atoms with Gasteiger partial charge in [-0.2, -0.15) is 0 Å². The molecule has 1 aromatic carbocycles. The predicted octanol–water partition coefficient (Wildman–Crippen LogP) is 3.89. The van der Waals surface area contributed by atoms with Crippen LogP contribution in [0.3, 0.4) is 0 Å². The molecule has 2 heterocycles. The molecule has 184 valence electrons. The number of hydrogen-bond acceptors (Lipinski definition) is 6. The number of alkyl carbamates (subject to hydrolysis) is 1. The monoisotopic (exact) mass is 477 g/mol. The maximum Gasteiger partial charge on any atom is 0.407 e. The zero-order chi connectivity index (χ0) is 24.8. The van der Waals surface area contributed by atoms with Crippen LogP contribution in [0, 0.1) is 11.6 Å². The quantitative estimate of drug-likeness (QED) is 0.657. The van der Waals surface area contributed by atoms with Crippen LogP contribution >= 0.6 is 0 Å². The minimum absolute atomic E-state index is 0.0273. The molecule has 1 N–H and O–H groups in total. The second-order valence-corrected chi connectivity index (χ2v) is 9.73. The molecule has 1 atom stereocenters. The van der Waals surface area contributed by atoms with Crippen molar-refractivity contribution in [2.24, 2.45) is 0 Å². The van der Waals surface area contributed by atoms with Crippen molar-refractivity contribution in [3.05, 3.63) is 39.7 Å². The lowest BCUT2D eigenvalue weighted by Crippen LogP contribution is -2.40. The first-order valence-corrected chi connectivity index (χ1v) is 11.5. The van der Waals surface area contributed by atoms with Crippen LogP contribution in [0.1, 0.15) is 63.4 Å². The molecule has 34 heavy (non-hydrogen) atoms. The van der Waals surface area contributed by atoms with Gasteiger partial charge in [-0.15, -0.1) is 0 Å². The molecule has 1 aliphatic carbocycles. The Balaban J connectivity index is 1.70. The van der Waals surface area contributed by atoms with Gasteiger partial charge in [0, 0.05) is 25.3 Å². The third-order valence-corrected chi connectivity index (χ3v) is 5.84. The lowest BCUT2D eigenvalue weighted by atomic mass is 10.1. The van der Waals surface area contributed by atoms with Gasteiger partial charge in [0.1, 0.15) is 22.7 Å². The summed E-state index contributed by atoms with van der Waals surface area (Å²) in [5.41, 5.74) is -1.94. The number of hydrogen-bond donors (Lipinski definition) is 1. The molecule has 0 radical (unpaired) electrons. The van der Waals surface area contributed by atoms with Gasteiger partial charge >= 0.3 is 12.1 Å². The van der Waals surface area contributed by atoms with Gasteiger partial charge in [0.2, 0.25) is 5.43 Å². The number of benzene rings is 1. The highest BCUT2D eigenvalue weighted by molar-refractivity contribution is 5.95. The first-order valence-electron chi connectivity index (χ1n) is 11.5. The van der Waals surface area contributed by atoms with Crippen molar-refractivity contribution < 1.29 is 27.8 Å². The van der Waals surface area contributed by atoms with E-state index < -0.39 is 34.7 Å². The smallest absolute Gasteiger partial charge is 0.407 e. The lowest BCUT2D eigenvalue weighted by Gasteiger charge is -2.24. The molecule has 4 rings (SSSR count). The highest BCUT2D eigenvalue weighted by atomic mass is 19.1. The van der Waals surface area contributed by atoms with Gasteiger partial charge in [0.25, 0.3) is 0 Å². The number of pyridine rings is 1. The number of halogens is 2. The van der Waals surface area contributed by atoms with Gasteiger partial charge in [0.05, 0.1) is 23.6 Å². The number of nitrogens with zero attached hydrogens (tertiary/aromatic N) is 2. The first kappa shape index (κ1) is 24.0. The minimum Gasteiger partial charge on any atom is -0.462 e. The van der Waals surface area contributed by atoms with E-state index in [0.29, 0.717) is 13.0 Å². The van der Waals surface area contributed by atoms with Gasteiger partial charge in [0.15, 0.2) is 5.82 Å². The van der Waals surface area contributed by atoms with Gasteiger partial charge in [-0.25, -0.2) is 18.4 Å². The topological polar surface area (TPSA) is 89.9 Å². The lowest BCUT2D eigenvalue weighted by molar-refractivity contribution is 0.0503. The Bertz CT molecular complexity index is 1200. The number of nitrogens with one attached hydrogen (secondary N) is 1. The fourth-order valence-electron chi connectivity index (χ4n) is 4.27. The normalized spacial score (nSPS) is 18.3. The van der Waals surface area contributed by atoms with E-state index >= 15 is 8.78 Å². The Hall–Kier alpha value is -3.17. The Morgan fingerprint density at radius 2 is 1.91 bits per heavy atom. The van der Waals surface area contributed by atoms with Crippen molar-refractivity contribution in [1.82, 2.24) is 9.88 Å². The predicted molar refractivity (Wildman–Crippen MR) is 122 cm³/mol. The maximum atomic E-state index is 15.8. The van der Waals surface area contributed by atoms with Crippen molar-refractivity contribution in [1.29, 1.82) is 0 Å². The molecular weight excluding hydrogens is 448 g/mol. The van der Waals surface area contributed by atoms with Crippen molar-refractivity contribution in [2.45, 2.75) is 64.6 Å². The number of ether oxygens (including phenoxy) is 2. The van der Waals surface area contributed by atoms with Crippen molar-refractivity contribution >= 4 is 28.7 Å². The molecule has 1 saturated carbocycles. The highest BCUT2D eigenvalue weighted by Gasteiger charge is 2.34. The maximum absolute atomic E-state index is 15.8. The van der Waals surface area contributed by atoms with Crippen LogP contribution in [-0.4, -0.2) is 48.0 Å². The summed E-state index contributed by atoms with van der Waals surface area (Å²) in [5.74, 6) is -2.57. The van der Waals surface area contributed by atoms with E-state index in [4.69, 9.17) is 9.47 Å². The van der Waals surface area contributed by atoms with Crippen LogP contribution in [0.15, 0.2) is 17.1 Å². The summed E-state index contributed by atoms with van der Waals surface area (Å²) in [7, 11) is 0. The first-order chi connectivity index (χ1) is 16.0. The molecule has 8 nitrogen and oxygen atoms in total. The van der Waals surface area contributed by atoms with Crippen LogP contribution in [-0.2, 0) is 9.47 Å². The Kier molecular flexibility index (Phi) is 6.26. The van der Waals surface area contributed by atoms with Crippen LogP contribution < -0.4 is 15.6 Å². The molecule has 0 unspecified atom stereocenters. The summed E-state index contributed by atoms with van der Waals surface area (Å²) >= 11 is 0. The number of esters is 1. The Labute approximate surface area is 195 Å². The fraction of sp³-hybridized carbons (Fsp3) is 0.542. The van der Waals surface area contributed by atoms with Crippen LogP contribution in [0.2, 0.25) is 0 Å². The van der Waals surface area contributed by atoms with E-state index in [9.17, 15) is 14.4 Å². The second kappa shape index (κ2) is 8.88. The second-order valence-electron chi connectivity index (χ2n) is 9.73. The minimum atomic E-state index is -0.900. The molecule has 2 aliphatic rings. The third kappa shape index (κ3) is 4.71. The summed E-state index contributed by atoms with van der Waals surface area (Å²) in [4.78, 5) is 38.8. The summed E-state index contributed by atoms with van der Waals surface area (Å²) in [6, 6.07) is 0.567. The number of carbonyl (C=O) groups excluding carboxylic acids is 2. The van der Waals surface area contributed by atoms with E-state index in [2.05, 4.69) is 5.32 Å². The summed E-state index contributed by atoms with van der Waals surface area (Å²) in [5, 5.41) is 2.54. The van der Waals surface area contributed by atoms with Gasteiger partial charge in [-0.05, 0) is 53.0 Å². The molecule has 0 bridgehead atoms. The summed E-state index contributed by atoms with van der Waals surface area (Å²) in [6.07, 6.45) is 2.73. The standard InChI is InChI=1S/C24H29F2N3O5/c1-5-33-22(31)16-12-29(14-6-7-14)19-15(21(16)30)10-17(25)20(18(19)26)28-9-8-13(11-28)27-23(32)34-24(2,3)4/h10,12-14H,5-9,11H2,1-4H3,(H,27,32)/t13-/m0/s1.